The van der Waals surface area contributed by atoms with Gasteiger partial charge in [-0.15, -0.1) is 0 Å². The van der Waals surface area contributed by atoms with E-state index in [0.717, 1.165) is 24.2 Å². The van der Waals surface area contributed by atoms with Crippen molar-refractivity contribution in [2.75, 3.05) is 20.3 Å². The molecule has 0 radical (unpaired) electrons. The Balaban J connectivity index is 1.80. The maximum absolute atomic E-state index is 11.9. The average molecular weight is 249 g/mol. The fourth-order valence-electron chi connectivity index (χ4n) is 2.04. The molecule has 1 N–H and O–H groups in total. The summed E-state index contributed by atoms with van der Waals surface area (Å²) in [6.07, 6.45) is 1.66. The summed E-state index contributed by atoms with van der Waals surface area (Å²) in [6.45, 7) is 1.96. The lowest BCUT2D eigenvalue weighted by molar-refractivity contribution is -0.128. The van der Waals surface area contributed by atoms with E-state index in [-0.39, 0.29) is 11.8 Å². The van der Waals surface area contributed by atoms with E-state index in [2.05, 4.69) is 5.32 Å². The third kappa shape index (κ3) is 3.47. The van der Waals surface area contributed by atoms with Crippen LogP contribution in [0.5, 0.6) is 5.75 Å². The third-order valence-electron chi connectivity index (χ3n) is 3.22. The van der Waals surface area contributed by atoms with Gasteiger partial charge >= 0.3 is 0 Å². The molecule has 2 rings (SSSR count). The molecule has 1 heterocycles. The molecule has 0 aliphatic carbocycles. The second-order valence-corrected chi connectivity index (χ2v) is 4.45. The van der Waals surface area contributed by atoms with Gasteiger partial charge in [-0.1, -0.05) is 12.1 Å². The fourth-order valence-corrected chi connectivity index (χ4v) is 2.04. The minimum atomic E-state index is 0.108. The normalized spacial score (nSPS) is 16.3. The number of nitrogens with one attached hydrogen (secondary N) is 1. The molecule has 1 fully saturated rings. The van der Waals surface area contributed by atoms with E-state index in [0.29, 0.717) is 19.8 Å². The predicted molar refractivity (Wildman–Crippen MR) is 68.4 cm³/mol. The van der Waals surface area contributed by atoms with E-state index in [4.69, 9.17) is 9.47 Å². The van der Waals surface area contributed by atoms with Gasteiger partial charge in [0.15, 0.2) is 0 Å². The predicted octanol–water partition coefficient (Wildman–Crippen LogP) is 1.74. The lowest BCUT2D eigenvalue weighted by Crippen LogP contribution is -2.33. The Hall–Kier alpha value is -1.55. The van der Waals surface area contributed by atoms with Gasteiger partial charge in [-0.25, -0.2) is 0 Å². The van der Waals surface area contributed by atoms with Crippen LogP contribution in [0.25, 0.3) is 0 Å². The molecular formula is C14H19NO3. The first-order chi connectivity index (χ1) is 8.79. The average Bonchev–Trinajstić information content (AvgIpc) is 2.46. The van der Waals surface area contributed by atoms with Crippen LogP contribution in [-0.4, -0.2) is 26.2 Å². The molecule has 0 spiro atoms. The number of ether oxygens (including phenoxy) is 2. The lowest BCUT2D eigenvalue weighted by atomic mass is 9.99. The molecule has 1 aliphatic rings. The van der Waals surface area contributed by atoms with Crippen molar-refractivity contribution in [3.05, 3.63) is 29.8 Å². The zero-order chi connectivity index (χ0) is 12.8. The molecule has 1 amide bonds. The Bertz CT molecular complexity index is 383. The van der Waals surface area contributed by atoms with Crippen molar-refractivity contribution in [1.29, 1.82) is 0 Å². The van der Waals surface area contributed by atoms with E-state index in [1.807, 2.05) is 24.3 Å². The number of carbonyl (C=O) groups is 1. The van der Waals surface area contributed by atoms with Gasteiger partial charge < -0.3 is 14.8 Å². The van der Waals surface area contributed by atoms with Crippen LogP contribution in [0.15, 0.2) is 24.3 Å². The number of hydrogen-bond donors (Lipinski definition) is 1. The molecule has 0 atom stereocenters. The number of amides is 1. The number of carbonyl (C=O) groups excluding carboxylic acids is 1. The second kappa shape index (κ2) is 6.40. The minimum absolute atomic E-state index is 0.108. The Morgan fingerprint density at radius 3 is 2.61 bits per heavy atom. The molecule has 0 unspecified atom stereocenters. The van der Waals surface area contributed by atoms with Crippen molar-refractivity contribution in [2.45, 2.75) is 19.4 Å². The van der Waals surface area contributed by atoms with Crippen LogP contribution < -0.4 is 10.1 Å². The lowest BCUT2D eigenvalue weighted by Gasteiger charge is -2.21. The number of methoxy groups -OCH3 is 1. The quantitative estimate of drug-likeness (QED) is 0.884. The molecule has 18 heavy (non-hydrogen) atoms. The first kappa shape index (κ1) is 12.9. The Morgan fingerprint density at radius 1 is 1.33 bits per heavy atom. The van der Waals surface area contributed by atoms with Crippen molar-refractivity contribution in [3.8, 4) is 5.75 Å². The molecule has 4 heteroatoms. The first-order valence-electron chi connectivity index (χ1n) is 6.28. The molecule has 1 saturated heterocycles. The van der Waals surface area contributed by atoms with Crippen LogP contribution in [0.4, 0.5) is 0 Å². The highest BCUT2D eigenvalue weighted by Gasteiger charge is 2.20. The standard InChI is InChI=1S/C14H19NO3/c1-17-13-4-2-11(3-5-13)10-15-14(16)12-6-8-18-9-7-12/h2-5,12H,6-10H2,1H3,(H,15,16). The maximum Gasteiger partial charge on any atom is 0.223 e. The van der Waals surface area contributed by atoms with Crippen LogP contribution in [0, 0.1) is 5.92 Å². The zero-order valence-electron chi connectivity index (χ0n) is 10.6. The van der Waals surface area contributed by atoms with Gasteiger partial charge in [0.2, 0.25) is 5.91 Å². The summed E-state index contributed by atoms with van der Waals surface area (Å²) in [5, 5.41) is 2.97. The zero-order valence-corrected chi connectivity index (χ0v) is 10.6. The van der Waals surface area contributed by atoms with Crippen molar-refractivity contribution in [2.24, 2.45) is 5.92 Å². The smallest absolute Gasteiger partial charge is 0.223 e. The highest BCUT2D eigenvalue weighted by Crippen LogP contribution is 2.15. The summed E-state index contributed by atoms with van der Waals surface area (Å²) < 4.78 is 10.3. The van der Waals surface area contributed by atoms with Crippen LogP contribution in [0.1, 0.15) is 18.4 Å². The molecule has 4 nitrogen and oxygen atoms in total. The Morgan fingerprint density at radius 2 is 2.00 bits per heavy atom. The van der Waals surface area contributed by atoms with Crippen molar-refractivity contribution in [1.82, 2.24) is 5.32 Å². The molecule has 0 bridgehead atoms. The second-order valence-electron chi connectivity index (χ2n) is 4.45. The number of benzene rings is 1. The summed E-state index contributed by atoms with van der Waals surface area (Å²) >= 11 is 0. The Kier molecular flexibility index (Phi) is 4.59. The molecule has 0 aromatic heterocycles. The molecule has 0 saturated carbocycles. The van der Waals surface area contributed by atoms with Crippen LogP contribution in [0.2, 0.25) is 0 Å². The first-order valence-corrected chi connectivity index (χ1v) is 6.28. The van der Waals surface area contributed by atoms with Crippen LogP contribution in [0.3, 0.4) is 0 Å². The molecular weight excluding hydrogens is 230 g/mol. The van der Waals surface area contributed by atoms with Gasteiger partial charge in [0.25, 0.3) is 0 Å². The van der Waals surface area contributed by atoms with E-state index in [1.54, 1.807) is 7.11 Å². The molecule has 98 valence electrons. The van der Waals surface area contributed by atoms with Gasteiger partial charge in [-0.3, -0.25) is 4.79 Å². The number of rotatable bonds is 4. The van der Waals surface area contributed by atoms with Crippen LogP contribution >= 0.6 is 0 Å². The molecule has 1 aromatic carbocycles. The molecule has 1 aromatic rings. The van der Waals surface area contributed by atoms with Crippen molar-refractivity contribution in [3.63, 3.8) is 0 Å². The highest BCUT2D eigenvalue weighted by molar-refractivity contribution is 5.78. The fraction of sp³-hybridized carbons (Fsp3) is 0.500. The topological polar surface area (TPSA) is 47.6 Å². The largest absolute Gasteiger partial charge is 0.497 e. The van der Waals surface area contributed by atoms with Gasteiger partial charge in [0.1, 0.15) is 5.75 Å². The summed E-state index contributed by atoms with van der Waals surface area (Å²) in [4.78, 5) is 11.9. The molecule has 1 aliphatic heterocycles. The summed E-state index contributed by atoms with van der Waals surface area (Å²) in [5.41, 5.74) is 1.08. The summed E-state index contributed by atoms with van der Waals surface area (Å²) in [5.74, 6) is 1.07. The van der Waals surface area contributed by atoms with Crippen LogP contribution in [-0.2, 0) is 16.1 Å². The van der Waals surface area contributed by atoms with E-state index >= 15 is 0 Å². The van der Waals surface area contributed by atoms with Gasteiger partial charge in [0.05, 0.1) is 7.11 Å². The van der Waals surface area contributed by atoms with E-state index < -0.39 is 0 Å². The van der Waals surface area contributed by atoms with Gasteiger partial charge in [0, 0.05) is 25.7 Å². The third-order valence-corrected chi connectivity index (χ3v) is 3.22. The summed E-state index contributed by atoms with van der Waals surface area (Å²) in [7, 11) is 1.64. The van der Waals surface area contributed by atoms with Crippen molar-refractivity contribution < 1.29 is 14.3 Å². The summed E-state index contributed by atoms with van der Waals surface area (Å²) in [6, 6.07) is 7.72. The monoisotopic (exact) mass is 249 g/mol. The minimum Gasteiger partial charge on any atom is -0.497 e. The van der Waals surface area contributed by atoms with Crippen molar-refractivity contribution >= 4 is 5.91 Å². The SMILES string of the molecule is COc1ccc(CNC(=O)C2CCOCC2)cc1. The van der Waals surface area contributed by atoms with E-state index in [1.165, 1.54) is 0 Å². The number of hydrogen-bond acceptors (Lipinski definition) is 3. The van der Waals surface area contributed by atoms with Gasteiger partial charge in [-0.2, -0.15) is 0 Å². The maximum atomic E-state index is 11.9. The van der Waals surface area contributed by atoms with Gasteiger partial charge in [-0.05, 0) is 30.5 Å². The Labute approximate surface area is 107 Å². The van der Waals surface area contributed by atoms with E-state index in [9.17, 15) is 4.79 Å². The highest BCUT2D eigenvalue weighted by atomic mass is 16.5.